The molecule has 6 N–H and O–H groups in total. The first-order valence-electron chi connectivity index (χ1n) is 9.00. The van der Waals surface area contributed by atoms with Gasteiger partial charge in [0.05, 0.1) is 26.4 Å². The molecule has 0 heterocycles. The lowest BCUT2D eigenvalue weighted by Crippen LogP contribution is -2.45. The standard InChI is InChI=1S/C16H30N4O6S2/c21-9-5-19(6-10-22)15(27)17-13(25)3-1-2-4-14(26)18-16(28)20(7-11-23)8-12-24/h21-24H,1-12H2,(H,17,25,27)(H,18,26,28). The molecule has 10 nitrogen and oxygen atoms in total. The SMILES string of the molecule is O=C(CCCCC(=O)NC(=S)N(CCO)CCO)NC(=S)N(CCO)CCO. The van der Waals surface area contributed by atoms with Gasteiger partial charge in [-0.3, -0.25) is 9.59 Å². The minimum absolute atomic E-state index is 0.143. The summed E-state index contributed by atoms with van der Waals surface area (Å²) in [4.78, 5) is 26.8. The van der Waals surface area contributed by atoms with Gasteiger partial charge in [0.2, 0.25) is 11.8 Å². The molecule has 0 saturated carbocycles. The van der Waals surface area contributed by atoms with Crippen LogP contribution in [-0.4, -0.2) is 105 Å². The molecule has 12 heteroatoms. The van der Waals surface area contributed by atoms with E-state index in [1.54, 1.807) is 0 Å². The molecule has 0 radical (unpaired) electrons. The van der Waals surface area contributed by atoms with Gasteiger partial charge in [0, 0.05) is 39.0 Å². The Labute approximate surface area is 175 Å². The zero-order valence-electron chi connectivity index (χ0n) is 15.8. The summed E-state index contributed by atoms with van der Waals surface area (Å²) < 4.78 is 0. The maximum atomic E-state index is 11.9. The highest BCUT2D eigenvalue weighted by Crippen LogP contribution is 2.01. The van der Waals surface area contributed by atoms with E-state index in [-0.39, 0.29) is 87.5 Å². The van der Waals surface area contributed by atoms with Crippen molar-refractivity contribution in [2.24, 2.45) is 0 Å². The molecule has 0 rings (SSSR count). The van der Waals surface area contributed by atoms with Gasteiger partial charge in [-0.15, -0.1) is 0 Å². The monoisotopic (exact) mass is 438 g/mol. The Hall–Kier alpha value is -1.44. The van der Waals surface area contributed by atoms with E-state index in [1.165, 1.54) is 9.80 Å². The molecule has 0 aromatic rings. The molecule has 0 fully saturated rings. The number of hydrogen-bond acceptors (Lipinski definition) is 8. The Morgan fingerprint density at radius 2 is 0.929 bits per heavy atom. The minimum atomic E-state index is -0.307. The van der Waals surface area contributed by atoms with Crippen LogP contribution in [0, 0.1) is 0 Å². The number of rotatable bonds is 13. The second-order valence-corrected chi connectivity index (χ2v) is 6.56. The van der Waals surface area contributed by atoms with Gasteiger partial charge in [0.25, 0.3) is 0 Å². The van der Waals surface area contributed by atoms with Crippen molar-refractivity contribution in [3.8, 4) is 0 Å². The van der Waals surface area contributed by atoms with Gasteiger partial charge in [0.1, 0.15) is 0 Å². The molecule has 0 bridgehead atoms. The van der Waals surface area contributed by atoms with Crippen LogP contribution in [0.15, 0.2) is 0 Å². The first-order chi connectivity index (χ1) is 13.4. The van der Waals surface area contributed by atoms with Crippen LogP contribution in [0.2, 0.25) is 0 Å². The summed E-state index contributed by atoms with van der Waals surface area (Å²) in [7, 11) is 0. The van der Waals surface area contributed by atoms with Crippen molar-refractivity contribution in [1.82, 2.24) is 20.4 Å². The van der Waals surface area contributed by atoms with Crippen LogP contribution in [0.3, 0.4) is 0 Å². The molecule has 0 spiro atoms. The zero-order valence-corrected chi connectivity index (χ0v) is 17.4. The van der Waals surface area contributed by atoms with E-state index >= 15 is 0 Å². The van der Waals surface area contributed by atoms with Crippen molar-refractivity contribution in [3.63, 3.8) is 0 Å². The largest absolute Gasteiger partial charge is 0.395 e. The molecule has 0 aromatic carbocycles. The lowest BCUT2D eigenvalue weighted by Gasteiger charge is -2.23. The van der Waals surface area contributed by atoms with E-state index in [1.807, 2.05) is 0 Å². The predicted octanol–water partition coefficient (Wildman–Crippen LogP) is -2.08. The van der Waals surface area contributed by atoms with Gasteiger partial charge in [-0.25, -0.2) is 0 Å². The van der Waals surface area contributed by atoms with Crippen LogP contribution in [0.25, 0.3) is 0 Å². The summed E-state index contributed by atoms with van der Waals surface area (Å²) >= 11 is 10.1. The average molecular weight is 439 g/mol. The van der Waals surface area contributed by atoms with E-state index in [4.69, 9.17) is 44.9 Å². The zero-order chi connectivity index (χ0) is 21.4. The second-order valence-electron chi connectivity index (χ2n) is 5.78. The van der Waals surface area contributed by atoms with Crippen molar-refractivity contribution in [1.29, 1.82) is 0 Å². The molecule has 0 saturated heterocycles. The van der Waals surface area contributed by atoms with Crippen LogP contribution >= 0.6 is 24.4 Å². The maximum absolute atomic E-state index is 11.9. The molecule has 2 amide bonds. The van der Waals surface area contributed by atoms with Gasteiger partial charge in [-0.05, 0) is 37.3 Å². The van der Waals surface area contributed by atoms with Crippen LogP contribution in [-0.2, 0) is 9.59 Å². The molecule has 0 aliphatic rings. The van der Waals surface area contributed by atoms with Gasteiger partial charge in [-0.2, -0.15) is 0 Å². The molecule has 28 heavy (non-hydrogen) atoms. The number of nitrogens with zero attached hydrogens (tertiary/aromatic N) is 2. The number of nitrogens with one attached hydrogen (secondary N) is 2. The molecule has 162 valence electrons. The number of unbranched alkanes of at least 4 members (excludes halogenated alkanes) is 1. The number of aliphatic hydroxyl groups excluding tert-OH is 4. The van der Waals surface area contributed by atoms with Crippen molar-refractivity contribution in [2.45, 2.75) is 25.7 Å². The van der Waals surface area contributed by atoms with Crippen LogP contribution in [0.5, 0.6) is 0 Å². The topological polar surface area (TPSA) is 146 Å². The Balaban J connectivity index is 4.13. The fraction of sp³-hybridized carbons (Fsp3) is 0.750. The summed E-state index contributed by atoms with van der Waals surface area (Å²) in [5.41, 5.74) is 0. The number of amides is 2. The predicted molar refractivity (Wildman–Crippen MR) is 111 cm³/mol. The fourth-order valence-corrected chi connectivity index (χ4v) is 2.80. The lowest BCUT2D eigenvalue weighted by atomic mass is 10.2. The highest BCUT2D eigenvalue weighted by atomic mass is 32.1. The van der Waals surface area contributed by atoms with Gasteiger partial charge >= 0.3 is 0 Å². The van der Waals surface area contributed by atoms with Gasteiger partial charge in [-0.1, -0.05) is 0 Å². The first kappa shape index (κ1) is 26.6. The van der Waals surface area contributed by atoms with E-state index in [0.29, 0.717) is 12.8 Å². The average Bonchev–Trinajstić information content (AvgIpc) is 2.64. The van der Waals surface area contributed by atoms with Crippen LogP contribution in [0.4, 0.5) is 0 Å². The number of carbonyl (C=O) groups excluding carboxylic acids is 2. The Bertz CT molecular complexity index is 454. The number of aliphatic hydroxyl groups is 4. The molecular formula is C16H30N4O6S2. The van der Waals surface area contributed by atoms with E-state index in [2.05, 4.69) is 10.6 Å². The Morgan fingerprint density at radius 3 is 1.18 bits per heavy atom. The van der Waals surface area contributed by atoms with Crippen molar-refractivity contribution in [2.75, 3.05) is 52.6 Å². The van der Waals surface area contributed by atoms with Crippen LogP contribution < -0.4 is 10.6 Å². The number of thiocarbonyl (C=S) groups is 2. The number of hydrogen-bond donors (Lipinski definition) is 6. The normalized spacial score (nSPS) is 10.3. The summed E-state index contributed by atoms with van der Waals surface area (Å²) in [6.45, 7) is 0.240. The molecule has 0 aromatic heterocycles. The Kier molecular flexibility index (Phi) is 15.7. The summed E-state index contributed by atoms with van der Waals surface area (Å²) in [5, 5.41) is 41.2. The van der Waals surface area contributed by atoms with E-state index < -0.39 is 0 Å². The molecule has 0 atom stereocenters. The van der Waals surface area contributed by atoms with Gasteiger partial charge in [0.15, 0.2) is 10.2 Å². The highest BCUT2D eigenvalue weighted by Gasteiger charge is 2.13. The maximum Gasteiger partial charge on any atom is 0.226 e. The minimum Gasteiger partial charge on any atom is -0.395 e. The van der Waals surface area contributed by atoms with Gasteiger partial charge < -0.3 is 40.9 Å². The molecular weight excluding hydrogens is 408 g/mol. The third kappa shape index (κ3) is 12.1. The summed E-state index contributed by atoms with van der Waals surface area (Å²) in [5.74, 6) is -0.613. The summed E-state index contributed by atoms with van der Waals surface area (Å²) in [6.07, 6.45) is 1.27. The highest BCUT2D eigenvalue weighted by molar-refractivity contribution is 7.80. The third-order valence-corrected chi connectivity index (χ3v) is 4.32. The Morgan fingerprint density at radius 1 is 0.643 bits per heavy atom. The van der Waals surface area contributed by atoms with E-state index in [0.717, 1.165) is 0 Å². The lowest BCUT2D eigenvalue weighted by molar-refractivity contribution is -0.121. The van der Waals surface area contributed by atoms with Crippen molar-refractivity contribution >= 4 is 46.5 Å². The third-order valence-electron chi connectivity index (χ3n) is 3.60. The summed E-state index contributed by atoms with van der Waals surface area (Å²) in [6, 6.07) is 0. The fourth-order valence-electron chi connectivity index (χ4n) is 2.21. The first-order valence-corrected chi connectivity index (χ1v) is 9.82. The molecule has 0 unspecified atom stereocenters. The molecule has 0 aliphatic carbocycles. The van der Waals surface area contributed by atoms with Crippen molar-refractivity contribution < 1.29 is 30.0 Å². The quantitative estimate of drug-likeness (QED) is 0.140. The van der Waals surface area contributed by atoms with Crippen LogP contribution in [0.1, 0.15) is 25.7 Å². The number of carbonyl (C=O) groups is 2. The second kappa shape index (κ2) is 16.5. The van der Waals surface area contributed by atoms with E-state index in [9.17, 15) is 9.59 Å². The molecule has 0 aliphatic heterocycles. The van der Waals surface area contributed by atoms with Crippen molar-refractivity contribution in [3.05, 3.63) is 0 Å². The smallest absolute Gasteiger partial charge is 0.226 e.